The van der Waals surface area contributed by atoms with Gasteiger partial charge in [-0.25, -0.2) is 4.79 Å². The molecule has 0 spiro atoms. The maximum absolute atomic E-state index is 12.3. The smallest absolute Gasteiger partial charge is 0.326 e. The number of benzene rings is 2. The molecule has 13 nitrogen and oxygen atoms in total. The topological polar surface area (TPSA) is 204 Å². The van der Waals surface area contributed by atoms with E-state index >= 15 is 0 Å². The zero-order valence-electron chi connectivity index (χ0n) is 19.4. The number of carboxylic acid groups (broad SMARTS) is 2. The van der Waals surface area contributed by atoms with Crippen molar-refractivity contribution in [1.82, 2.24) is 10.6 Å². The van der Waals surface area contributed by atoms with Gasteiger partial charge in [-0.15, -0.1) is 0 Å². The minimum Gasteiger partial charge on any atom is -0.507 e. The first kappa shape index (κ1) is 28.2. The summed E-state index contributed by atoms with van der Waals surface area (Å²) in [4.78, 5) is 46.7. The van der Waals surface area contributed by atoms with Crippen LogP contribution < -0.4 is 25.4 Å². The Kier molecular flexibility index (Phi) is 9.84. The maximum atomic E-state index is 12.3. The second kappa shape index (κ2) is 12.6. The van der Waals surface area contributed by atoms with E-state index in [4.69, 9.17) is 14.6 Å². The summed E-state index contributed by atoms with van der Waals surface area (Å²) in [6.07, 6.45) is -0.595. The summed E-state index contributed by atoms with van der Waals surface area (Å²) in [6.45, 7) is -0.636. The lowest BCUT2D eigenvalue weighted by atomic mass is 10.0. The first-order valence-corrected chi connectivity index (χ1v) is 11.2. The molecule has 2 aromatic rings. The van der Waals surface area contributed by atoms with Crippen molar-refractivity contribution in [3.8, 4) is 23.0 Å². The molecule has 14 heteroatoms. The van der Waals surface area contributed by atoms with Crippen LogP contribution in [0.3, 0.4) is 0 Å². The molecule has 0 aliphatic carbocycles. The number of thiol groups is 1. The van der Waals surface area contributed by atoms with Gasteiger partial charge in [0, 0.05) is 18.2 Å². The van der Waals surface area contributed by atoms with Gasteiger partial charge in [0.15, 0.2) is 5.75 Å². The van der Waals surface area contributed by atoms with Crippen LogP contribution in [0.4, 0.5) is 5.69 Å². The molecule has 0 aromatic heterocycles. The number of fused-ring (bicyclic) bond motifs is 1. The van der Waals surface area contributed by atoms with Gasteiger partial charge in [-0.2, -0.15) is 12.6 Å². The normalized spacial score (nSPS) is 12.3. The molecule has 0 saturated heterocycles. The number of amides is 2. The molecule has 36 heavy (non-hydrogen) atoms. The third-order valence-corrected chi connectivity index (χ3v) is 5.50. The molecule has 2 rings (SSSR count). The molecule has 0 unspecified atom stereocenters. The van der Waals surface area contributed by atoms with Crippen LogP contribution in [-0.4, -0.2) is 82.8 Å². The van der Waals surface area contributed by atoms with E-state index in [0.717, 1.165) is 6.07 Å². The third-order valence-electron chi connectivity index (χ3n) is 5.13. The number of aromatic hydroxyl groups is 2. The van der Waals surface area contributed by atoms with Crippen LogP contribution in [-0.2, 0) is 19.2 Å². The number of hydrogen-bond donors (Lipinski definition) is 8. The fraction of sp³-hybridized carbons (Fsp3) is 0.364. The number of hydrogen-bond acceptors (Lipinski definition) is 10. The van der Waals surface area contributed by atoms with Gasteiger partial charge in [-0.1, -0.05) is 0 Å². The van der Waals surface area contributed by atoms with Crippen LogP contribution in [0.25, 0.3) is 10.8 Å². The first-order chi connectivity index (χ1) is 17.0. The van der Waals surface area contributed by atoms with Crippen molar-refractivity contribution in [2.75, 3.05) is 31.8 Å². The van der Waals surface area contributed by atoms with Crippen LogP contribution in [0.15, 0.2) is 18.2 Å². The van der Waals surface area contributed by atoms with Gasteiger partial charge >= 0.3 is 11.9 Å². The number of carboxylic acids is 2. The van der Waals surface area contributed by atoms with Crippen LogP contribution in [0.5, 0.6) is 23.0 Å². The number of nitrogens with one attached hydrogen (secondary N) is 3. The fourth-order valence-corrected chi connectivity index (χ4v) is 3.64. The summed E-state index contributed by atoms with van der Waals surface area (Å²) in [5.74, 6) is -4.42. The molecule has 0 radical (unpaired) electrons. The molecule has 196 valence electrons. The van der Waals surface area contributed by atoms with Crippen LogP contribution in [0.2, 0.25) is 0 Å². The predicted octanol–water partition coefficient (Wildman–Crippen LogP) is 0.529. The van der Waals surface area contributed by atoms with Crippen molar-refractivity contribution in [3.63, 3.8) is 0 Å². The first-order valence-electron chi connectivity index (χ1n) is 10.5. The Bertz CT molecular complexity index is 1160. The van der Waals surface area contributed by atoms with E-state index in [0.29, 0.717) is 0 Å². The third kappa shape index (κ3) is 6.75. The summed E-state index contributed by atoms with van der Waals surface area (Å²) in [7, 11) is 2.74. The van der Waals surface area contributed by atoms with Crippen molar-refractivity contribution in [2.24, 2.45) is 0 Å². The Hall–Kier alpha value is -4.07. The van der Waals surface area contributed by atoms with E-state index in [1.54, 1.807) is 0 Å². The molecule has 0 fully saturated rings. The molecule has 0 saturated carbocycles. The summed E-state index contributed by atoms with van der Waals surface area (Å²) in [5.41, 5.74) is -0.124. The molecule has 2 atom stereocenters. The van der Waals surface area contributed by atoms with Crippen molar-refractivity contribution in [3.05, 3.63) is 18.2 Å². The van der Waals surface area contributed by atoms with Gasteiger partial charge < -0.3 is 45.9 Å². The van der Waals surface area contributed by atoms with Crippen LogP contribution >= 0.6 is 12.6 Å². The lowest BCUT2D eigenvalue weighted by Crippen LogP contribution is -2.49. The number of carbonyl (C=O) groups excluding carboxylic acids is 2. The second-order valence-electron chi connectivity index (χ2n) is 7.50. The van der Waals surface area contributed by atoms with E-state index in [9.17, 15) is 34.5 Å². The number of methoxy groups -OCH3 is 2. The predicted molar refractivity (Wildman–Crippen MR) is 131 cm³/mol. The fourth-order valence-electron chi connectivity index (χ4n) is 3.38. The Morgan fingerprint density at radius 3 is 2.14 bits per heavy atom. The Morgan fingerprint density at radius 1 is 1.00 bits per heavy atom. The lowest BCUT2D eigenvalue weighted by molar-refractivity contribution is -0.138. The van der Waals surface area contributed by atoms with E-state index in [-0.39, 0.29) is 52.3 Å². The number of anilines is 1. The van der Waals surface area contributed by atoms with E-state index in [1.807, 2.05) is 0 Å². The number of phenols is 2. The van der Waals surface area contributed by atoms with E-state index in [1.165, 1.54) is 26.4 Å². The quantitative estimate of drug-likeness (QED) is 0.103. The molecule has 0 aliphatic rings. The molecule has 2 aromatic carbocycles. The lowest BCUT2D eigenvalue weighted by Gasteiger charge is -2.20. The standard InChI is InChI=1S/C22H27N3O10S/c1-34-14-4-5-15(35-2)19-18(14)13(26)7-11(20(19)30)24-10(22(32)33)3-6-16(27)25-12(9-36)21(31)23-8-17(28)29/h4-5,7,10,12,24,26,30,36H,3,6,8-9H2,1-2H3,(H,23,31)(H,25,27)(H,28,29)(H,32,33)/t10-,12-/m0/s1. The monoisotopic (exact) mass is 525 g/mol. The van der Waals surface area contributed by atoms with E-state index < -0.39 is 48.1 Å². The molecular formula is C22H27N3O10S. The molecule has 0 aliphatic heterocycles. The summed E-state index contributed by atoms with van der Waals surface area (Å²) in [6, 6.07) is 1.67. The largest absolute Gasteiger partial charge is 0.507 e. The number of ether oxygens (including phenoxy) is 2. The minimum atomic E-state index is -1.37. The van der Waals surface area contributed by atoms with E-state index in [2.05, 4.69) is 28.6 Å². The summed E-state index contributed by atoms with van der Waals surface area (Å²) in [5, 5.41) is 47.0. The Morgan fingerprint density at radius 2 is 1.61 bits per heavy atom. The highest BCUT2D eigenvalue weighted by molar-refractivity contribution is 7.80. The highest BCUT2D eigenvalue weighted by atomic mass is 32.1. The van der Waals surface area contributed by atoms with Crippen molar-refractivity contribution < 1.29 is 49.1 Å². The Balaban J connectivity index is 2.19. The number of carbonyl (C=O) groups is 4. The second-order valence-corrected chi connectivity index (χ2v) is 7.87. The average Bonchev–Trinajstić information content (AvgIpc) is 2.84. The van der Waals surface area contributed by atoms with Crippen molar-refractivity contribution in [1.29, 1.82) is 0 Å². The van der Waals surface area contributed by atoms with Gasteiger partial charge in [-0.05, 0) is 18.6 Å². The summed E-state index contributed by atoms with van der Waals surface area (Å²) >= 11 is 3.96. The van der Waals surface area contributed by atoms with Gasteiger partial charge in [0.1, 0.15) is 35.9 Å². The van der Waals surface area contributed by atoms with Crippen molar-refractivity contribution >= 4 is 52.8 Å². The molecule has 7 N–H and O–H groups in total. The highest BCUT2D eigenvalue weighted by Gasteiger charge is 2.25. The maximum Gasteiger partial charge on any atom is 0.326 e. The molecule has 2 amide bonds. The zero-order chi connectivity index (χ0) is 27.0. The summed E-state index contributed by atoms with van der Waals surface area (Å²) < 4.78 is 10.5. The SMILES string of the molecule is COc1ccc(OC)c2c(O)c(N[C@@H](CCC(=O)N[C@@H](CS)C(=O)NCC(=O)O)C(=O)O)cc(O)c12. The van der Waals surface area contributed by atoms with Crippen molar-refractivity contribution in [2.45, 2.75) is 24.9 Å². The van der Waals surface area contributed by atoms with Crippen LogP contribution in [0, 0.1) is 0 Å². The average molecular weight is 526 g/mol. The molecule has 0 heterocycles. The van der Waals surface area contributed by atoms with Gasteiger partial charge in [0.05, 0.1) is 30.7 Å². The van der Waals surface area contributed by atoms with Crippen LogP contribution in [0.1, 0.15) is 12.8 Å². The number of aliphatic carboxylic acids is 2. The van der Waals surface area contributed by atoms with Gasteiger partial charge in [0.2, 0.25) is 11.8 Å². The Labute approximate surface area is 210 Å². The zero-order valence-corrected chi connectivity index (χ0v) is 20.3. The number of rotatable bonds is 13. The molecular weight excluding hydrogens is 498 g/mol. The highest BCUT2D eigenvalue weighted by Crippen LogP contribution is 2.47. The molecule has 0 bridgehead atoms. The minimum absolute atomic E-state index is 0.0882. The van der Waals surface area contributed by atoms with Gasteiger partial charge in [-0.3, -0.25) is 14.4 Å². The number of phenolic OH excluding ortho intramolecular Hbond substituents is 2. The van der Waals surface area contributed by atoms with Gasteiger partial charge in [0.25, 0.3) is 0 Å².